The van der Waals surface area contributed by atoms with E-state index in [0.717, 1.165) is 12.3 Å². The number of alkyl halides is 2. The zero-order valence-electron chi connectivity index (χ0n) is 16.1. The summed E-state index contributed by atoms with van der Waals surface area (Å²) in [7, 11) is 0. The number of nitrogens with zero attached hydrogens (tertiary/aromatic N) is 4. The number of benzene rings is 1. The number of anilines is 3. The first-order valence-electron chi connectivity index (χ1n) is 9.32. The Morgan fingerprint density at radius 2 is 1.87 bits per heavy atom. The van der Waals surface area contributed by atoms with E-state index in [1.165, 1.54) is 24.4 Å². The van der Waals surface area contributed by atoms with Crippen LogP contribution in [0.4, 0.5) is 35.0 Å². The van der Waals surface area contributed by atoms with Crippen LogP contribution in [0.3, 0.4) is 0 Å². The van der Waals surface area contributed by atoms with Gasteiger partial charge in [0.1, 0.15) is 17.4 Å². The molecule has 1 N–H and O–H groups in total. The smallest absolute Gasteiger partial charge is 0.387 e. The summed E-state index contributed by atoms with van der Waals surface area (Å²) in [6.07, 6.45) is 2.68. The fourth-order valence-corrected chi connectivity index (χ4v) is 3.06. The molecular weight excluding hydrogens is 418 g/mol. The number of morpholine rings is 1. The van der Waals surface area contributed by atoms with Crippen LogP contribution in [0, 0.1) is 11.8 Å². The van der Waals surface area contributed by atoms with Gasteiger partial charge in [-0.2, -0.15) is 18.2 Å². The van der Waals surface area contributed by atoms with Crippen LogP contribution in [0.25, 0.3) is 11.1 Å². The minimum absolute atomic E-state index is 0.0311. The molecule has 1 saturated heterocycles. The average molecular weight is 435 g/mol. The first-order valence-corrected chi connectivity index (χ1v) is 9.32. The van der Waals surface area contributed by atoms with E-state index < -0.39 is 18.4 Å². The Morgan fingerprint density at radius 1 is 1.06 bits per heavy atom. The van der Waals surface area contributed by atoms with E-state index in [4.69, 9.17) is 4.74 Å². The average Bonchev–Trinajstić information content (AvgIpc) is 2.76. The maximum absolute atomic E-state index is 14.4. The third-order valence-corrected chi connectivity index (χ3v) is 4.52. The van der Waals surface area contributed by atoms with Crippen molar-refractivity contribution in [1.29, 1.82) is 0 Å². The molecule has 7 nitrogen and oxygen atoms in total. The normalized spacial score (nSPS) is 14.0. The lowest BCUT2D eigenvalue weighted by molar-refractivity contribution is -0.0499. The molecule has 1 fully saturated rings. The number of hydrogen-bond donors (Lipinski definition) is 1. The second-order valence-electron chi connectivity index (χ2n) is 6.55. The molecule has 4 rings (SSSR count). The van der Waals surface area contributed by atoms with E-state index in [0.29, 0.717) is 38.1 Å². The van der Waals surface area contributed by atoms with Gasteiger partial charge in [-0.05, 0) is 24.3 Å². The highest BCUT2D eigenvalue weighted by atomic mass is 19.3. The van der Waals surface area contributed by atoms with Gasteiger partial charge in [-0.25, -0.2) is 14.4 Å². The van der Waals surface area contributed by atoms with Crippen LogP contribution in [-0.4, -0.2) is 47.9 Å². The van der Waals surface area contributed by atoms with Gasteiger partial charge < -0.3 is 19.7 Å². The van der Waals surface area contributed by atoms with Gasteiger partial charge in [-0.1, -0.05) is 0 Å². The highest BCUT2D eigenvalue weighted by molar-refractivity contribution is 5.70. The third kappa shape index (κ3) is 5.00. The molecular formula is C20H17F4N5O2. The summed E-state index contributed by atoms with van der Waals surface area (Å²) in [5.74, 6) is -1.14. The first kappa shape index (κ1) is 20.8. The molecule has 31 heavy (non-hydrogen) atoms. The minimum Gasteiger partial charge on any atom is -0.435 e. The van der Waals surface area contributed by atoms with Crippen LogP contribution < -0.4 is 15.0 Å². The molecule has 0 bridgehead atoms. The number of rotatable bonds is 6. The second kappa shape index (κ2) is 9.13. The molecule has 3 heterocycles. The molecule has 1 aromatic carbocycles. The van der Waals surface area contributed by atoms with E-state index in [2.05, 4.69) is 25.0 Å². The molecule has 162 valence electrons. The maximum atomic E-state index is 14.4. The number of hydrogen-bond acceptors (Lipinski definition) is 7. The topological polar surface area (TPSA) is 72.4 Å². The highest BCUT2D eigenvalue weighted by Gasteiger charge is 2.16. The van der Waals surface area contributed by atoms with E-state index >= 15 is 0 Å². The van der Waals surface area contributed by atoms with Gasteiger partial charge in [0.25, 0.3) is 0 Å². The Morgan fingerprint density at radius 3 is 2.61 bits per heavy atom. The largest absolute Gasteiger partial charge is 0.435 e. The summed E-state index contributed by atoms with van der Waals surface area (Å²) >= 11 is 0. The Balaban J connectivity index is 1.58. The Bertz CT molecular complexity index is 1060. The van der Waals surface area contributed by atoms with Gasteiger partial charge in [0.2, 0.25) is 11.9 Å². The maximum Gasteiger partial charge on any atom is 0.387 e. The van der Waals surface area contributed by atoms with Crippen molar-refractivity contribution in [3.05, 3.63) is 54.5 Å². The number of halogens is 4. The highest BCUT2D eigenvalue weighted by Crippen LogP contribution is 2.30. The molecule has 1 aliphatic heterocycles. The van der Waals surface area contributed by atoms with Crippen molar-refractivity contribution in [1.82, 2.24) is 15.0 Å². The molecule has 11 heteroatoms. The van der Waals surface area contributed by atoms with Gasteiger partial charge in [0.15, 0.2) is 0 Å². The van der Waals surface area contributed by atoms with Crippen LogP contribution >= 0.6 is 0 Å². The quantitative estimate of drug-likeness (QED) is 0.464. The lowest BCUT2D eigenvalue weighted by Crippen LogP contribution is -2.37. The molecule has 0 spiro atoms. The summed E-state index contributed by atoms with van der Waals surface area (Å²) in [5, 5.41) is 2.83. The summed E-state index contributed by atoms with van der Waals surface area (Å²) < 4.78 is 62.8. The van der Waals surface area contributed by atoms with Crippen LogP contribution in [0.5, 0.6) is 5.75 Å². The van der Waals surface area contributed by atoms with Gasteiger partial charge in [0.05, 0.1) is 18.9 Å². The van der Waals surface area contributed by atoms with E-state index in [-0.39, 0.29) is 22.6 Å². The molecule has 3 aromatic rings. The van der Waals surface area contributed by atoms with Crippen molar-refractivity contribution in [2.75, 3.05) is 36.5 Å². The molecule has 1 aliphatic rings. The SMILES string of the molecule is Fc1cc(OC(F)F)ccc1-c1cnc(F)c(Nc2ccnc(N3CCOCC3)n2)c1. The number of aromatic nitrogens is 3. The fraction of sp³-hybridized carbons (Fsp3) is 0.250. The molecule has 0 aliphatic carbocycles. The molecule has 0 unspecified atom stereocenters. The molecule has 0 amide bonds. The van der Waals surface area contributed by atoms with Crippen molar-refractivity contribution in [2.45, 2.75) is 6.61 Å². The number of nitrogens with one attached hydrogen (secondary N) is 1. The number of ether oxygens (including phenoxy) is 2. The molecule has 0 atom stereocenters. The Labute approximate surface area is 174 Å². The predicted molar refractivity (Wildman–Crippen MR) is 105 cm³/mol. The lowest BCUT2D eigenvalue weighted by Gasteiger charge is -2.26. The monoisotopic (exact) mass is 435 g/mol. The van der Waals surface area contributed by atoms with E-state index in [9.17, 15) is 17.6 Å². The summed E-state index contributed by atoms with van der Waals surface area (Å²) in [6.45, 7) is -0.662. The number of pyridine rings is 1. The third-order valence-electron chi connectivity index (χ3n) is 4.52. The standard InChI is InChI=1S/C20H17F4N5O2/c21-15-10-13(31-19(23)24)1-2-14(15)12-9-16(18(22)26-11-12)27-17-3-4-25-20(28-17)29-5-7-30-8-6-29/h1-4,9-11,19H,5-8H2,(H,25,27,28). The zero-order chi connectivity index (χ0) is 21.8. The lowest BCUT2D eigenvalue weighted by atomic mass is 10.1. The minimum atomic E-state index is -3.07. The molecule has 0 radical (unpaired) electrons. The first-order chi connectivity index (χ1) is 15.0. The van der Waals surface area contributed by atoms with Crippen LogP contribution in [-0.2, 0) is 4.74 Å². The Hall–Kier alpha value is -3.47. The summed E-state index contributed by atoms with van der Waals surface area (Å²) in [4.78, 5) is 14.2. The van der Waals surface area contributed by atoms with E-state index in [1.807, 2.05) is 4.90 Å². The van der Waals surface area contributed by atoms with Crippen molar-refractivity contribution in [3.8, 4) is 16.9 Å². The van der Waals surface area contributed by atoms with Crippen LogP contribution in [0.1, 0.15) is 0 Å². The van der Waals surface area contributed by atoms with Crippen molar-refractivity contribution in [2.24, 2.45) is 0 Å². The summed E-state index contributed by atoms with van der Waals surface area (Å²) in [6, 6.07) is 6.20. The van der Waals surface area contributed by atoms with E-state index in [1.54, 1.807) is 6.07 Å². The van der Waals surface area contributed by atoms with Gasteiger partial charge in [-0.3, -0.25) is 0 Å². The molecule has 2 aromatic heterocycles. The second-order valence-corrected chi connectivity index (χ2v) is 6.55. The molecule has 0 saturated carbocycles. The van der Waals surface area contributed by atoms with Crippen molar-refractivity contribution >= 4 is 17.5 Å². The fourth-order valence-electron chi connectivity index (χ4n) is 3.06. The van der Waals surface area contributed by atoms with Crippen molar-refractivity contribution in [3.63, 3.8) is 0 Å². The van der Waals surface area contributed by atoms with Crippen molar-refractivity contribution < 1.29 is 27.0 Å². The van der Waals surface area contributed by atoms with Crippen LogP contribution in [0.2, 0.25) is 0 Å². The van der Waals surface area contributed by atoms with Gasteiger partial charge in [-0.15, -0.1) is 0 Å². The predicted octanol–water partition coefficient (Wildman–Crippen LogP) is 4.00. The summed E-state index contributed by atoms with van der Waals surface area (Å²) in [5.41, 5.74) is 0.262. The van der Waals surface area contributed by atoms with Gasteiger partial charge >= 0.3 is 6.61 Å². The van der Waals surface area contributed by atoms with Crippen LogP contribution in [0.15, 0.2) is 42.7 Å². The Kier molecular flexibility index (Phi) is 6.12. The zero-order valence-corrected chi connectivity index (χ0v) is 16.1. The van der Waals surface area contributed by atoms with Gasteiger partial charge in [0, 0.05) is 42.7 Å².